The lowest BCUT2D eigenvalue weighted by molar-refractivity contribution is -0.143. The molecular weight excluding hydrogens is 170 g/mol. The smallest absolute Gasteiger partial charge is 0.328 e. The summed E-state index contributed by atoms with van der Waals surface area (Å²) in [5, 5.41) is 18.1. The summed E-state index contributed by atoms with van der Waals surface area (Å²) >= 11 is 0. The van der Waals surface area contributed by atoms with E-state index in [1.807, 2.05) is 0 Å². The fraction of sp³-hybridized carbons (Fsp3) is 0.222. The van der Waals surface area contributed by atoms with Crippen molar-refractivity contribution >= 4 is 5.97 Å². The number of carboxylic acids is 1. The molecule has 70 valence electrons. The number of hydrogen-bond donors (Lipinski definition) is 3. The first-order chi connectivity index (χ1) is 5.96. The van der Waals surface area contributed by atoms with Crippen LogP contribution >= 0.6 is 0 Å². The van der Waals surface area contributed by atoms with Crippen LogP contribution in [-0.2, 0) is 10.3 Å². The van der Waals surface area contributed by atoms with Crippen molar-refractivity contribution in [1.29, 1.82) is 0 Å². The lowest BCUT2D eigenvalue weighted by Crippen LogP contribution is -2.41. The predicted molar refractivity (Wildman–Crippen MR) is 47.3 cm³/mol. The zero-order valence-electron chi connectivity index (χ0n) is 7.19. The van der Waals surface area contributed by atoms with Crippen LogP contribution in [0.2, 0.25) is 0 Å². The summed E-state index contributed by atoms with van der Waals surface area (Å²) in [5.74, 6) is -1.27. The molecule has 4 nitrogen and oxygen atoms in total. The van der Waals surface area contributed by atoms with Crippen molar-refractivity contribution in [2.24, 2.45) is 5.73 Å². The van der Waals surface area contributed by atoms with Gasteiger partial charge in [-0.25, -0.2) is 4.79 Å². The molecule has 0 saturated heterocycles. The molecule has 0 saturated carbocycles. The molecule has 0 fully saturated rings. The van der Waals surface area contributed by atoms with Crippen molar-refractivity contribution in [3.63, 3.8) is 0 Å². The number of phenols is 1. The number of nitrogens with two attached hydrogens (primary N) is 1. The van der Waals surface area contributed by atoms with Gasteiger partial charge in [-0.05, 0) is 13.0 Å². The Morgan fingerprint density at radius 1 is 1.46 bits per heavy atom. The molecule has 1 aromatic carbocycles. The van der Waals surface area contributed by atoms with Gasteiger partial charge >= 0.3 is 5.97 Å². The van der Waals surface area contributed by atoms with Crippen LogP contribution in [0, 0.1) is 0 Å². The van der Waals surface area contributed by atoms with E-state index in [2.05, 4.69) is 0 Å². The van der Waals surface area contributed by atoms with Gasteiger partial charge < -0.3 is 15.9 Å². The Kier molecular flexibility index (Phi) is 2.25. The molecule has 13 heavy (non-hydrogen) atoms. The van der Waals surface area contributed by atoms with Crippen LogP contribution in [0.25, 0.3) is 0 Å². The number of hydrogen-bond acceptors (Lipinski definition) is 3. The van der Waals surface area contributed by atoms with Crippen LogP contribution in [0.15, 0.2) is 24.3 Å². The normalized spacial score (nSPS) is 14.9. The summed E-state index contributed by atoms with van der Waals surface area (Å²) in [6.07, 6.45) is 0. The first kappa shape index (κ1) is 9.54. The van der Waals surface area contributed by atoms with E-state index >= 15 is 0 Å². The van der Waals surface area contributed by atoms with Crippen LogP contribution in [0.1, 0.15) is 12.5 Å². The van der Waals surface area contributed by atoms with Gasteiger partial charge in [0, 0.05) is 5.56 Å². The quantitative estimate of drug-likeness (QED) is 0.625. The zero-order valence-corrected chi connectivity index (χ0v) is 7.19. The van der Waals surface area contributed by atoms with E-state index in [0.717, 1.165) is 0 Å². The Morgan fingerprint density at radius 3 is 2.46 bits per heavy atom. The number of para-hydroxylation sites is 1. The Labute approximate surface area is 75.6 Å². The second kappa shape index (κ2) is 3.06. The molecule has 4 N–H and O–H groups in total. The minimum atomic E-state index is -1.55. The number of benzene rings is 1. The van der Waals surface area contributed by atoms with Gasteiger partial charge in [0.25, 0.3) is 0 Å². The van der Waals surface area contributed by atoms with Crippen LogP contribution in [0.4, 0.5) is 0 Å². The topological polar surface area (TPSA) is 83.6 Å². The lowest BCUT2D eigenvalue weighted by atomic mass is 9.93. The van der Waals surface area contributed by atoms with Crippen molar-refractivity contribution < 1.29 is 15.0 Å². The fourth-order valence-electron chi connectivity index (χ4n) is 1.03. The molecule has 0 amide bonds. The summed E-state index contributed by atoms with van der Waals surface area (Å²) < 4.78 is 0. The molecule has 1 rings (SSSR count). The fourth-order valence-corrected chi connectivity index (χ4v) is 1.03. The highest BCUT2D eigenvalue weighted by Gasteiger charge is 2.32. The maximum Gasteiger partial charge on any atom is 0.328 e. The van der Waals surface area contributed by atoms with Gasteiger partial charge in [0.15, 0.2) is 0 Å². The Balaban J connectivity index is 3.22. The van der Waals surface area contributed by atoms with Crippen molar-refractivity contribution in [2.75, 3.05) is 0 Å². The van der Waals surface area contributed by atoms with E-state index in [1.165, 1.54) is 19.1 Å². The molecule has 0 bridgehead atoms. The average molecular weight is 181 g/mol. The van der Waals surface area contributed by atoms with Gasteiger partial charge in [-0.3, -0.25) is 0 Å². The highest BCUT2D eigenvalue weighted by molar-refractivity contribution is 5.80. The first-order valence-corrected chi connectivity index (χ1v) is 3.77. The molecule has 0 spiro atoms. The maximum absolute atomic E-state index is 10.7. The third kappa shape index (κ3) is 1.62. The van der Waals surface area contributed by atoms with E-state index in [9.17, 15) is 9.90 Å². The Hall–Kier alpha value is -1.55. The van der Waals surface area contributed by atoms with Gasteiger partial charge in [0.2, 0.25) is 0 Å². The maximum atomic E-state index is 10.7. The van der Waals surface area contributed by atoms with Crippen LogP contribution in [0.3, 0.4) is 0 Å². The summed E-state index contributed by atoms with van der Waals surface area (Å²) in [6.45, 7) is 1.34. The highest BCUT2D eigenvalue weighted by Crippen LogP contribution is 2.26. The third-order valence-corrected chi connectivity index (χ3v) is 1.91. The number of carboxylic acid groups (broad SMARTS) is 1. The SMILES string of the molecule is C[C@@](N)(C(=O)O)c1ccccc1O. The lowest BCUT2D eigenvalue weighted by Gasteiger charge is -2.20. The molecule has 0 heterocycles. The summed E-state index contributed by atoms with van der Waals surface area (Å²) in [4.78, 5) is 10.7. The number of aromatic hydroxyl groups is 1. The summed E-state index contributed by atoms with van der Waals surface area (Å²) in [6, 6.07) is 6.13. The van der Waals surface area contributed by atoms with E-state index in [4.69, 9.17) is 10.8 Å². The van der Waals surface area contributed by atoms with Crippen LogP contribution < -0.4 is 5.73 Å². The monoisotopic (exact) mass is 181 g/mol. The molecule has 0 aliphatic rings. The van der Waals surface area contributed by atoms with Gasteiger partial charge in [-0.1, -0.05) is 18.2 Å². The van der Waals surface area contributed by atoms with Crippen LogP contribution in [-0.4, -0.2) is 16.2 Å². The minimum Gasteiger partial charge on any atom is -0.508 e. The molecule has 0 aliphatic carbocycles. The van der Waals surface area contributed by atoms with E-state index in [-0.39, 0.29) is 11.3 Å². The third-order valence-electron chi connectivity index (χ3n) is 1.91. The predicted octanol–water partition coefficient (Wildman–Crippen LogP) is 0.651. The largest absolute Gasteiger partial charge is 0.508 e. The molecular formula is C9H11NO3. The number of phenolic OH excluding ortho intramolecular Hbond substituents is 1. The summed E-state index contributed by atoms with van der Waals surface area (Å²) in [5.41, 5.74) is 4.18. The van der Waals surface area contributed by atoms with Crippen molar-refractivity contribution in [2.45, 2.75) is 12.5 Å². The molecule has 4 heteroatoms. The average Bonchev–Trinajstić information content (AvgIpc) is 2.04. The molecule has 0 unspecified atom stereocenters. The number of rotatable bonds is 2. The van der Waals surface area contributed by atoms with Crippen molar-refractivity contribution in [1.82, 2.24) is 0 Å². The Morgan fingerprint density at radius 2 is 2.00 bits per heavy atom. The Bertz CT molecular complexity index is 333. The van der Waals surface area contributed by atoms with Crippen molar-refractivity contribution in [3.8, 4) is 5.75 Å². The zero-order chi connectivity index (χ0) is 10.1. The van der Waals surface area contributed by atoms with Gasteiger partial charge in [0.05, 0.1) is 0 Å². The number of carbonyl (C=O) groups is 1. The van der Waals surface area contributed by atoms with Gasteiger partial charge in [0.1, 0.15) is 11.3 Å². The van der Waals surface area contributed by atoms with E-state index in [0.29, 0.717) is 0 Å². The summed E-state index contributed by atoms with van der Waals surface area (Å²) in [7, 11) is 0. The minimum absolute atomic E-state index is 0.102. The van der Waals surface area contributed by atoms with Gasteiger partial charge in [-0.2, -0.15) is 0 Å². The van der Waals surface area contributed by atoms with Gasteiger partial charge in [-0.15, -0.1) is 0 Å². The molecule has 1 aromatic rings. The standard InChI is InChI=1S/C9H11NO3/c1-9(10,8(12)13)6-4-2-3-5-7(6)11/h2-5,11H,10H2,1H3,(H,12,13)/t9-/m0/s1. The van der Waals surface area contributed by atoms with E-state index in [1.54, 1.807) is 12.1 Å². The second-order valence-electron chi connectivity index (χ2n) is 3.02. The first-order valence-electron chi connectivity index (χ1n) is 3.77. The van der Waals surface area contributed by atoms with E-state index < -0.39 is 11.5 Å². The van der Waals surface area contributed by atoms with Crippen molar-refractivity contribution in [3.05, 3.63) is 29.8 Å². The molecule has 1 atom stereocenters. The second-order valence-corrected chi connectivity index (χ2v) is 3.02. The molecule has 0 aliphatic heterocycles. The van der Waals surface area contributed by atoms with Crippen LogP contribution in [0.5, 0.6) is 5.75 Å². The highest BCUT2D eigenvalue weighted by atomic mass is 16.4. The number of aliphatic carboxylic acids is 1. The molecule has 0 radical (unpaired) electrons. The molecule has 0 aromatic heterocycles.